The summed E-state index contributed by atoms with van der Waals surface area (Å²) in [6, 6.07) is 8.32. The van der Waals surface area contributed by atoms with Crippen LogP contribution in [0.4, 0.5) is 0 Å². The molecule has 3 heteroatoms. The normalized spacial score (nSPS) is 10.8. The molecule has 0 amide bonds. The number of hydrogen-bond donors (Lipinski definition) is 1. The van der Waals surface area contributed by atoms with Crippen LogP contribution >= 0.6 is 0 Å². The zero-order chi connectivity index (χ0) is 13.5. The predicted octanol–water partition coefficient (Wildman–Crippen LogP) is 3.18. The molecule has 1 aromatic carbocycles. The van der Waals surface area contributed by atoms with Crippen LogP contribution in [0.5, 0.6) is 5.75 Å². The molecule has 0 aliphatic heterocycles. The van der Waals surface area contributed by atoms with E-state index in [4.69, 9.17) is 4.74 Å². The number of benzene rings is 1. The molecule has 0 atom stereocenters. The zero-order valence-electron chi connectivity index (χ0n) is 11.8. The average Bonchev–Trinajstić information content (AvgIpc) is 2.46. The highest BCUT2D eigenvalue weighted by Gasteiger charge is 2.07. The Morgan fingerprint density at radius 2 is 2.16 bits per heavy atom. The molecule has 3 nitrogen and oxygen atoms in total. The van der Waals surface area contributed by atoms with Crippen molar-refractivity contribution in [2.75, 3.05) is 20.2 Å². The standard InChI is InChI=1S/C16H22N2O/c1-3-4-12-19-15-8-7-13(9-11-17-2)14-6-5-10-18-16(14)15/h5-8,10,17H,3-4,9,11-12H2,1-2H3. The summed E-state index contributed by atoms with van der Waals surface area (Å²) in [6.45, 7) is 3.90. The fourth-order valence-corrected chi connectivity index (χ4v) is 2.13. The van der Waals surface area contributed by atoms with Crippen molar-refractivity contribution in [3.05, 3.63) is 36.0 Å². The number of hydrogen-bond acceptors (Lipinski definition) is 3. The molecule has 19 heavy (non-hydrogen) atoms. The summed E-state index contributed by atoms with van der Waals surface area (Å²) in [5.74, 6) is 0.900. The Morgan fingerprint density at radius 3 is 2.95 bits per heavy atom. The Morgan fingerprint density at radius 1 is 1.26 bits per heavy atom. The van der Waals surface area contributed by atoms with Gasteiger partial charge in [0.2, 0.25) is 0 Å². The van der Waals surface area contributed by atoms with Gasteiger partial charge in [-0.15, -0.1) is 0 Å². The zero-order valence-corrected chi connectivity index (χ0v) is 11.8. The van der Waals surface area contributed by atoms with Crippen LogP contribution in [-0.4, -0.2) is 25.2 Å². The molecular formula is C16H22N2O. The van der Waals surface area contributed by atoms with Crippen molar-refractivity contribution in [1.82, 2.24) is 10.3 Å². The van der Waals surface area contributed by atoms with Crippen LogP contribution in [0.1, 0.15) is 25.3 Å². The van der Waals surface area contributed by atoms with E-state index in [0.717, 1.165) is 43.7 Å². The SMILES string of the molecule is CCCCOc1ccc(CCNC)c2cccnc12. The van der Waals surface area contributed by atoms with Gasteiger partial charge in [0.25, 0.3) is 0 Å². The fraction of sp³-hybridized carbons (Fsp3) is 0.438. The number of rotatable bonds is 7. The molecular weight excluding hydrogens is 236 g/mol. The second-order valence-electron chi connectivity index (χ2n) is 4.68. The van der Waals surface area contributed by atoms with E-state index in [2.05, 4.69) is 35.4 Å². The molecule has 0 saturated heterocycles. The first-order valence-corrected chi connectivity index (χ1v) is 7.00. The minimum atomic E-state index is 0.762. The van der Waals surface area contributed by atoms with Crippen molar-refractivity contribution in [3.63, 3.8) is 0 Å². The summed E-state index contributed by atoms with van der Waals surface area (Å²) in [5.41, 5.74) is 2.30. The lowest BCUT2D eigenvalue weighted by Crippen LogP contribution is -2.10. The Bertz CT molecular complexity index is 525. The van der Waals surface area contributed by atoms with E-state index in [-0.39, 0.29) is 0 Å². The van der Waals surface area contributed by atoms with Crippen molar-refractivity contribution in [1.29, 1.82) is 0 Å². The molecule has 0 unspecified atom stereocenters. The first-order chi connectivity index (χ1) is 9.36. The maximum atomic E-state index is 5.84. The van der Waals surface area contributed by atoms with Crippen LogP contribution in [-0.2, 0) is 6.42 Å². The molecule has 0 fully saturated rings. The molecule has 0 spiro atoms. The van der Waals surface area contributed by atoms with Crippen LogP contribution in [0.3, 0.4) is 0 Å². The van der Waals surface area contributed by atoms with E-state index in [1.165, 1.54) is 10.9 Å². The number of pyridine rings is 1. The van der Waals surface area contributed by atoms with Crippen LogP contribution < -0.4 is 10.1 Å². The van der Waals surface area contributed by atoms with E-state index in [0.29, 0.717) is 0 Å². The molecule has 1 heterocycles. The first-order valence-electron chi connectivity index (χ1n) is 7.00. The van der Waals surface area contributed by atoms with Crippen molar-refractivity contribution in [2.45, 2.75) is 26.2 Å². The van der Waals surface area contributed by atoms with Crippen molar-refractivity contribution in [3.8, 4) is 5.75 Å². The lowest BCUT2D eigenvalue weighted by molar-refractivity contribution is 0.312. The smallest absolute Gasteiger partial charge is 0.145 e. The number of likely N-dealkylation sites (N-methyl/N-ethyl adjacent to an activating group) is 1. The molecule has 0 saturated carbocycles. The number of aromatic nitrogens is 1. The Kier molecular flexibility index (Phi) is 5.16. The number of ether oxygens (including phenoxy) is 1. The Balaban J connectivity index is 2.29. The van der Waals surface area contributed by atoms with Gasteiger partial charge in [0, 0.05) is 11.6 Å². The molecule has 0 radical (unpaired) electrons. The third-order valence-electron chi connectivity index (χ3n) is 3.22. The molecule has 1 aromatic heterocycles. The maximum Gasteiger partial charge on any atom is 0.145 e. The summed E-state index contributed by atoms with van der Waals surface area (Å²) in [7, 11) is 1.97. The molecule has 2 aromatic rings. The highest BCUT2D eigenvalue weighted by Crippen LogP contribution is 2.27. The van der Waals surface area contributed by atoms with Crippen molar-refractivity contribution in [2.24, 2.45) is 0 Å². The monoisotopic (exact) mass is 258 g/mol. The van der Waals surface area contributed by atoms with Gasteiger partial charge >= 0.3 is 0 Å². The van der Waals surface area contributed by atoms with Crippen LogP contribution in [0, 0.1) is 0 Å². The van der Waals surface area contributed by atoms with Gasteiger partial charge in [-0.3, -0.25) is 4.98 Å². The Hall–Kier alpha value is -1.61. The molecule has 102 valence electrons. The molecule has 1 N–H and O–H groups in total. The molecule has 0 aliphatic rings. The fourth-order valence-electron chi connectivity index (χ4n) is 2.13. The van der Waals surface area contributed by atoms with E-state index >= 15 is 0 Å². The largest absolute Gasteiger partial charge is 0.491 e. The van der Waals surface area contributed by atoms with E-state index < -0.39 is 0 Å². The summed E-state index contributed by atoms with van der Waals surface area (Å²) in [5, 5.41) is 4.39. The molecule has 2 rings (SSSR count). The lowest BCUT2D eigenvalue weighted by atomic mass is 10.0. The second kappa shape index (κ2) is 7.10. The minimum absolute atomic E-state index is 0.762. The number of unbranched alkanes of at least 4 members (excludes halogenated alkanes) is 1. The Labute approximate surface area is 115 Å². The second-order valence-corrected chi connectivity index (χ2v) is 4.68. The van der Waals surface area contributed by atoms with Gasteiger partial charge in [0.1, 0.15) is 11.3 Å². The number of fused-ring (bicyclic) bond motifs is 1. The predicted molar refractivity (Wildman–Crippen MR) is 79.8 cm³/mol. The minimum Gasteiger partial charge on any atom is -0.491 e. The van der Waals surface area contributed by atoms with Crippen molar-refractivity contribution < 1.29 is 4.74 Å². The van der Waals surface area contributed by atoms with Crippen LogP contribution in [0.25, 0.3) is 10.9 Å². The van der Waals surface area contributed by atoms with Gasteiger partial charge < -0.3 is 10.1 Å². The maximum absolute atomic E-state index is 5.84. The third-order valence-corrected chi connectivity index (χ3v) is 3.22. The first kappa shape index (κ1) is 13.8. The number of nitrogens with one attached hydrogen (secondary N) is 1. The van der Waals surface area contributed by atoms with Gasteiger partial charge in [0.05, 0.1) is 6.61 Å². The molecule has 0 aliphatic carbocycles. The topological polar surface area (TPSA) is 34.1 Å². The third kappa shape index (κ3) is 3.44. The highest BCUT2D eigenvalue weighted by atomic mass is 16.5. The van der Waals surface area contributed by atoms with Crippen LogP contribution in [0.2, 0.25) is 0 Å². The summed E-state index contributed by atoms with van der Waals surface area (Å²) >= 11 is 0. The van der Waals surface area contributed by atoms with Crippen LogP contribution in [0.15, 0.2) is 30.5 Å². The quantitative estimate of drug-likeness (QED) is 0.775. The summed E-state index contributed by atoms with van der Waals surface area (Å²) in [6.07, 6.45) is 5.06. The van der Waals surface area contributed by atoms with Gasteiger partial charge in [-0.05, 0) is 44.1 Å². The van der Waals surface area contributed by atoms with E-state index in [1.54, 1.807) is 0 Å². The summed E-state index contributed by atoms with van der Waals surface area (Å²) in [4.78, 5) is 4.48. The van der Waals surface area contributed by atoms with Gasteiger partial charge in [-0.25, -0.2) is 0 Å². The summed E-state index contributed by atoms with van der Waals surface area (Å²) < 4.78 is 5.84. The van der Waals surface area contributed by atoms with Gasteiger partial charge in [0.15, 0.2) is 0 Å². The van der Waals surface area contributed by atoms with Crippen molar-refractivity contribution >= 4 is 10.9 Å². The van der Waals surface area contributed by atoms with E-state index in [9.17, 15) is 0 Å². The van der Waals surface area contributed by atoms with E-state index in [1.807, 2.05) is 19.3 Å². The highest BCUT2D eigenvalue weighted by molar-refractivity contribution is 5.87. The van der Waals surface area contributed by atoms with Gasteiger partial charge in [-0.2, -0.15) is 0 Å². The lowest BCUT2D eigenvalue weighted by Gasteiger charge is -2.11. The van der Waals surface area contributed by atoms with Gasteiger partial charge in [-0.1, -0.05) is 25.5 Å². The number of nitrogens with zero attached hydrogens (tertiary/aromatic N) is 1. The molecule has 0 bridgehead atoms. The average molecular weight is 258 g/mol.